The molecular weight excluding hydrogens is 212 g/mol. The fraction of sp³-hybridized carbons (Fsp3) is 0.571. The Kier molecular flexibility index (Phi) is 5.45. The van der Waals surface area contributed by atoms with Gasteiger partial charge in [0, 0.05) is 24.7 Å². The van der Waals surface area contributed by atoms with Crippen molar-refractivity contribution in [2.24, 2.45) is 5.92 Å². The summed E-state index contributed by atoms with van der Waals surface area (Å²) in [6, 6.07) is 7.98. The van der Waals surface area contributed by atoms with E-state index in [1.165, 1.54) is 0 Å². The molecule has 0 spiro atoms. The molecule has 1 rings (SSSR count). The molecule has 0 fully saturated rings. The van der Waals surface area contributed by atoms with Crippen LogP contribution in [-0.2, 0) is 6.54 Å². The Balaban J connectivity index is 2.44. The smallest absolute Gasteiger partial charge is 0.120 e. The summed E-state index contributed by atoms with van der Waals surface area (Å²) in [7, 11) is 4.21. The Morgan fingerprint density at radius 2 is 1.88 bits per heavy atom. The van der Waals surface area contributed by atoms with Gasteiger partial charge >= 0.3 is 0 Å². The number of rotatable bonds is 6. The molecule has 0 amide bonds. The third-order valence-corrected chi connectivity index (χ3v) is 3.09. The van der Waals surface area contributed by atoms with Gasteiger partial charge < -0.3 is 15.3 Å². The summed E-state index contributed by atoms with van der Waals surface area (Å²) >= 11 is 0. The monoisotopic (exact) mass is 236 g/mol. The van der Waals surface area contributed by atoms with Crippen molar-refractivity contribution in [3.8, 4) is 5.75 Å². The predicted octanol–water partition coefficient (Wildman–Crippen LogP) is 2.07. The number of nitrogens with one attached hydrogen (secondary N) is 1. The van der Waals surface area contributed by atoms with Crippen molar-refractivity contribution >= 4 is 0 Å². The predicted molar refractivity (Wildman–Crippen MR) is 72.1 cm³/mol. The van der Waals surface area contributed by atoms with Gasteiger partial charge in [-0.3, -0.25) is 0 Å². The lowest BCUT2D eigenvalue weighted by Crippen LogP contribution is -2.41. The Hall–Kier alpha value is -1.06. The van der Waals surface area contributed by atoms with Gasteiger partial charge in [-0.05, 0) is 26.1 Å². The molecule has 0 radical (unpaired) electrons. The van der Waals surface area contributed by atoms with E-state index in [4.69, 9.17) is 0 Å². The zero-order chi connectivity index (χ0) is 12.8. The average molecular weight is 236 g/mol. The van der Waals surface area contributed by atoms with E-state index >= 15 is 0 Å². The molecule has 2 N–H and O–H groups in total. The summed E-state index contributed by atoms with van der Waals surface area (Å²) in [5.41, 5.74) is 0.953. The normalized spacial score (nSPS) is 13.3. The Morgan fingerprint density at radius 1 is 1.24 bits per heavy atom. The van der Waals surface area contributed by atoms with E-state index in [9.17, 15) is 5.11 Å². The second kappa shape index (κ2) is 6.62. The first kappa shape index (κ1) is 14.0. The highest BCUT2D eigenvalue weighted by molar-refractivity contribution is 5.31. The number of hydrogen-bond acceptors (Lipinski definition) is 3. The molecule has 0 aliphatic heterocycles. The van der Waals surface area contributed by atoms with Crippen molar-refractivity contribution in [1.29, 1.82) is 0 Å². The minimum atomic E-state index is 0.367. The highest BCUT2D eigenvalue weighted by atomic mass is 16.3. The van der Waals surface area contributed by atoms with Gasteiger partial charge in [0.1, 0.15) is 5.75 Å². The summed E-state index contributed by atoms with van der Waals surface area (Å²) in [5.74, 6) is 0.979. The maximum Gasteiger partial charge on any atom is 0.120 e. The van der Waals surface area contributed by atoms with Crippen LogP contribution in [0, 0.1) is 5.92 Å². The number of hydrogen-bond donors (Lipinski definition) is 2. The van der Waals surface area contributed by atoms with E-state index < -0.39 is 0 Å². The molecule has 1 atom stereocenters. The molecule has 0 saturated heterocycles. The SMILES string of the molecule is CC(C)C(CNCc1ccccc1O)N(C)C. The molecule has 1 aromatic rings. The number of aromatic hydroxyl groups is 1. The highest BCUT2D eigenvalue weighted by Gasteiger charge is 2.14. The van der Waals surface area contributed by atoms with Crippen LogP contribution in [0.3, 0.4) is 0 Å². The lowest BCUT2D eigenvalue weighted by atomic mass is 10.0. The number of benzene rings is 1. The summed E-state index contributed by atoms with van der Waals surface area (Å²) in [6.45, 7) is 6.10. The standard InChI is InChI=1S/C14H24N2O/c1-11(2)13(16(3)4)10-15-9-12-7-5-6-8-14(12)17/h5-8,11,13,15,17H,9-10H2,1-4H3. The van der Waals surface area contributed by atoms with Crippen LogP contribution in [0.2, 0.25) is 0 Å². The minimum Gasteiger partial charge on any atom is -0.508 e. The van der Waals surface area contributed by atoms with Crippen LogP contribution in [-0.4, -0.2) is 36.7 Å². The largest absolute Gasteiger partial charge is 0.508 e. The molecule has 0 aromatic heterocycles. The molecule has 0 bridgehead atoms. The van der Waals surface area contributed by atoms with Gasteiger partial charge in [-0.2, -0.15) is 0 Å². The van der Waals surface area contributed by atoms with Crippen LogP contribution in [0.5, 0.6) is 5.75 Å². The molecule has 17 heavy (non-hydrogen) atoms. The average Bonchev–Trinajstić information content (AvgIpc) is 2.25. The molecule has 1 aromatic carbocycles. The van der Waals surface area contributed by atoms with Gasteiger partial charge in [-0.15, -0.1) is 0 Å². The fourth-order valence-corrected chi connectivity index (χ4v) is 2.03. The van der Waals surface area contributed by atoms with E-state index in [1.54, 1.807) is 6.07 Å². The summed E-state index contributed by atoms with van der Waals surface area (Å²) in [5, 5.41) is 13.0. The van der Waals surface area contributed by atoms with Crippen molar-refractivity contribution in [2.75, 3.05) is 20.6 Å². The van der Waals surface area contributed by atoms with Gasteiger partial charge in [0.25, 0.3) is 0 Å². The number of likely N-dealkylation sites (N-methyl/N-ethyl adjacent to an activating group) is 1. The van der Waals surface area contributed by atoms with E-state index in [-0.39, 0.29) is 0 Å². The summed E-state index contributed by atoms with van der Waals surface area (Å²) in [4.78, 5) is 2.24. The van der Waals surface area contributed by atoms with E-state index in [2.05, 4.69) is 38.2 Å². The van der Waals surface area contributed by atoms with Gasteiger partial charge in [0.05, 0.1) is 0 Å². The topological polar surface area (TPSA) is 35.5 Å². The first-order valence-electron chi connectivity index (χ1n) is 6.16. The van der Waals surface area contributed by atoms with Gasteiger partial charge in [-0.25, -0.2) is 0 Å². The molecule has 0 heterocycles. The maximum absolute atomic E-state index is 9.64. The minimum absolute atomic E-state index is 0.367. The van der Waals surface area contributed by atoms with Gasteiger partial charge in [0.2, 0.25) is 0 Å². The molecule has 1 unspecified atom stereocenters. The van der Waals surface area contributed by atoms with Crippen molar-refractivity contribution in [2.45, 2.75) is 26.4 Å². The fourth-order valence-electron chi connectivity index (χ4n) is 2.03. The lowest BCUT2D eigenvalue weighted by molar-refractivity contribution is 0.224. The second-order valence-corrected chi connectivity index (χ2v) is 5.03. The van der Waals surface area contributed by atoms with Crippen LogP contribution >= 0.6 is 0 Å². The molecule has 96 valence electrons. The summed E-state index contributed by atoms with van der Waals surface area (Å²) < 4.78 is 0. The number of phenols is 1. The lowest BCUT2D eigenvalue weighted by Gasteiger charge is -2.28. The van der Waals surface area contributed by atoms with E-state index in [0.717, 1.165) is 12.1 Å². The number of phenolic OH excluding ortho intramolecular Hbond substituents is 1. The van der Waals surface area contributed by atoms with Gasteiger partial charge in [-0.1, -0.05) is 32.0 Å². The molecular formula is C14H24N2O. The Bertz CT molecular complexity index is 329. The zero-order valence-electron chi connectivity index (χ0n) is 11.3. The van der Waals surface area contributed by atoms with E-state index in [1.807, 2.05) is 18.2 Å². The quantitative estimate of drug-likeness (QED) is 0.793. The first-order valence-corrected chi connectivity index (χ1v) is 6.16. The first-order chi connectivity index (χ1) is 8.02. The van der Waals surface area contributed by atoms with Crippen LogP contribution in [0.25, 0.3) is 0 Å². The molecule has 0 saturated carbocycles. The Labute approximate surface area is 104 Å². The van der Waals surface area contributed by atoms with Crippen molar-refractivity contribution in [3.05, 3.63) is 29.8 Å². The number of para-hydroxylation sites is 1. The van der Waals surface area contributed by atoms with Crippen molar-refractivity contribution in [3.63, 3.8) is 0 Å². The van der Waals surface area contributed by atoms with Crippen molar-refractivity contribution in [1.82, 2.24) is 10.2 Å². The third-order valence-electron chi connectivity index (χ3n) is 3.09. The van der Waals surface area contributed by atoms with Crippen LogP contribution in [0.15, 0.2) is 24.3 Å². The highest BCUT2D eigenvalue weighted by Crippen LogP contribution is 2.15. The van der Waals surface area contributed by atoms with Crippen LogP contribution in [0.4, 0.5) is 0 Å². The molecule has 0 aliphatic rings. The summed E-state index contributed by atoms with van der Waals surface area (Å²) in [6.07, 6.45) is 0. The zero-order valence-corrected chi connectivity index (χ0v) is 11.3. The molecule has 3 nitrogen and oxygen atoms in total. The van der Waals surface area contributed by atoms with Crippen LogP contribution in [0.1, 0.15) is 19.4 Å². The van der Waals surface area contributed by atoms with Gasteiger partial charge in [0.15, 0.2) is 0 Å². The van der Waals surface area contributed by atoms with E-state index in [0.29, 0.717) is 24.3 Å². The maximum atomic E-state index is 9.64. The number of nitrogens with zero attached hydrogens (tertiary/aromatic N) is 1. The van der Waals surface area contributed by atoms with Crippen LogP contribution < -0.4 is 5.32 Å². The van der Waals surface area contributed by atoms with Crippen molar-refractivity contribution < 1.29 is 5.11 Å². The molecule has 0 aliphatic carbocycles. The second-order valence-electron chi connectivity index (χ2n) is 5.03. The molecule has 3 heteroatoms. The third kappa shape index (κ3) is 4.36. The Morgan fingerprint density at radius 3 is 2.41 bits per heavy atom.